The van der Waals surface area contributed by atoms with E-state index in [1.165, 1.54) is 12.1 Å². The van der Waals surface area contributed by atoms with Gasteiger partial charge in [-0.1, -0.05) is 11.8 Å². The number of carbonyl (C=O) groups excluding carboxylic acids is 1. The Morgan fingerprint density at radius 1 is 1.20 bits per heavy atom. The van der Waals surface area contributed by atoms with E-state index in [0.717, 1.165) is 37.2 Å². The number of carbonyl (C=O) groups is 1. The van der Waals surface area contributed by atoms with Gasteiger partial charge in [0.05, 0.1) is 11.9 Å². The maximum Gasteiger partial charge on any atom is 0.254 e. The van der Waals surface area contributed by atoms with Crippen molar-refractivity contribution in [2.45, 2.75) is 19.8 Å². The van der Waals surface area contributed by atoms with Crippen LogP contribution in [0.5, 0.6) is 5.75 Å². The standard InChI is InChI=1S/C30H31FN6O3/c1-20-16-23(5-6-24(20)30(39)36-11-8-21(18-32)9-12-36)35-28-29-34-19-26(37(29)13-10-33-28)22-4-7-27(25(31)17-22)40-15-3-2-14-38/h4-7,10,13,16-17,19,21,38H,8-9,11-12,14-15,18,32H2,1H3,(H,33,35). The summed E-state index contributed by atoms with van der Waals surface area (Å²) in [4.78, 5) is 24.0. The zero-order chi connectivity index (χ0) is 28.1. The molecule has 1 amide bonds. The van der Waals surface area contributed by atoms with Gasteiger partial charge in [0, 0.05) is 42.3 Å². The molecule has 0 bridgehead atoms. The fourth-order valence-electron chi connectivity index (χ4n) is 4.88. The van der Waals surface area contributed by atoms with Gasteiger partial charge in [-0.25, -0.2) is 14.4 Å². The number of fused-ring (bicyclic) bond motifs is 1. The number of rotatable bonds is 7. The third kappa shape index (κ3) is 5.76. The number of benzene rings is 2. The van der Waals surface area contributed by atoms with Crippen molar-refractivity contribution in [2.24, 2.45) is 11.7 Å². The monoisotopic (exact) mass is 542 g/mol. The number of hydrogen-bond donors (Lipinski definition) is 3. The molecule has 40 heavy (non-hydrogen) atoms. The number of aryl methyl sites for hydroxylation is 1. The van der Waals surface area contributed by atoms with E-state index >= 15 is 0 Å². The van der Waals surface area contributed by atoms with Gasteiger partial charge in [0.15, 0.2) is 23.0 Å². The van der Waals surface area contributed by atoms with Gasteiger partial charge in [-0.2, -0.15) is 0 Å². The van der Waals surface area contributed by atoms with Crippen LogP contribution in [0.1, 0.15) is 28.8 Å². The van der Waals surface area contributed by atoms with Crippen molar-refractivity contribution in [1.82, 2.24) is 19.3 Å². The Morgan fingerprint density at radius 2 is 2.02 bits per heavy atom. The maximum absolute atomic E-state index is 14.7. The zero-order valence-electron chi connectivity index (χ0n) is 22.2. The number of piperidine rings is 1. The van der Waals surface area contributed by atoms with Gasteiger partial charge in [-0.15, -0.1) is 0 Å². The third-order valence-corrected chi connectivity index (χ3v) is 7.11. The van der Waals surface area contributed by atoms with Crippen LogP contribution < -0.4 is 15.8 Å². The summed E-state index contributed by atoms with van der Waals surface area (Å²) in [5.74, 6) is 5.66. The summed E-state index contributed by atoms with van der Waals surface area (Å²) < 4.78 is 21.8. The number of aromatic nitrogens is 3. The van der Waals surface area contributed by atoms with Crippen LogP contribution in [0, 0.1) is 30.5 Å². The lowest BCUT2D eigenvalue weighted by atomic mass is 9.96. The molecular formula is C30H31FN6O3. The van der Waals surface area contributed by atoms with Crippen molar-refractivity contribution in [3.05, 3.63) is 71.9 Å². The lowest BCUT2D eigenvalue weighted by Crippen LogP contribution is -2.40. The molecule has 0 unspecified atom stereocenters. The summed E-state index contributed by atoms with van der Waals surface area (Å²) >= 11 is 0. The Hall–Kier alpha value is -4.46. The number of ether oxygens (including phenoxy) is 1. The fourth-order valence-corrected chi connectivity index (χ4v) is 4.88. The van der Waals surface area contributed by atoms with Crippen LogP contribution in [-0.2, 0) is 0 Å². The predicted octanol–water partition coefficient (Wildman–Crippen LogP) is 3.77. The highest BCUT2D eigenvalue weighted by Gasteiger charge is 2.24. The molecule has 0 radical (unpaired) electrons. The SMILES string of the molecule is Cc1cc(Nc2nccn3c(-c4ccc(OCC#CCO)c(F)c4)cnc23)ccc1C(=O)N1CCC(CN)CC1. The molecule has 0 spiro atoms. The van der Waals surface area contributed by atoms with E-state index in [-0.39, 0.29) is 24.9 Å². The number of aliphatic hydroxyl groups is 1. The molecular weight excluding hydrogens is 511 g/mol. The second-order valence-corrected chi connectivity index (χ2v) is 9.68. The number of aliphatic hydroxyl groups excluding tert-OH is 1. The smallest absolute Gasteiger partial charge is 0.254 e. The Labute approximate surface area is 231 Å². The minimum Gasteiger partial charge on any atom is -0.478 e. The first-order valence-corrected chi connectivity index (χ1v) is 13.2. The molecule has 4 N–H and O–H groups in total. The molecule has 206 valence electrons. The number of likely N-dealkylation sites (tertiary alicyclic amines) is 1. The molecule has 1 aliphatic heterocycles. The van der Waals surface area contributed by atoms with Gasteiger partial charge in [0.25, 0.3) is 5.91 Å². The molecule has 1 saturated heterocycles. The van der Waals surface area contributed by atoms with E-state index in [9.17, 15) is 9.18 Å². The molecule has 0 saturated carbocycles. The highest BCUT2D eigenvalue weighted by molar-refractivity contribution is 5.96. The highest BCUT2D eigenvalue weighted by Crippen LogP contribution is 2.29. The first-order chi connectivity index (χ1) is 19.5. The van der Waals surface area contributed by atoms with Crippen LogP contribution in [0.4, 0.5) is 15.9 Å². The molecule has 4 aromatic rings. The quantitative estimate of drug-likeness (QED) is 0.304. The number of anilines is 2. The lowest BCUT2D eigenvalue weighted by molar-refractivity contribution is 0.0692. The number of halogens is 1. The Morgan fingerprint density at radius 3 is 2.75 bits per heavy atom. The summed E-state index contributed by atoms with van der Waals surface area (Å²) in [6.07, 6.45) is 6.94. The summed E-state index contributed by atoms with van der Waals surface area (Å²) in [7, 11) is 0. The number of nitrogens with zero attached hydrogens (tertiary/aromatic N) is 4. The molecule has 0 atom stereocenters. The van der Waals surface area contributed by atoms with Crippen molar-refractivity contribution in [1.29, 1.82) is 0 Å². The molecule has 1 fully saturated rings. The first kappa shape index (κ1) is 27.1. The largest absolute Gasteiger partial charge is 0.478 e. The minimum absolute atomic E-state index is 0.0186. The maximum atomic E-state index is 14.7. The number of nitrogens with two attached hydrogens (primary N) is 1. The van der Waals surface area contributed by atoms with Gasteiger partial charge in [0.2, 0.25) is 0 Å². The molecule has 5 rings (SSSR count). The van der Waals surface area contributed by atoms with Gasteiger partial charge in [-0.05, 0) is 74.2 Å². The van der Waals surface area contributed by atoms with E-state index < -0.39 is 5.82 Å². The van der Waals surface area contributed by atoms with Crippen LogP contribution in [0.25, 0.3) is 16.9 Å². The van der Waals surface area contributed by atoms with Gasteiger partial charge < -0.3 is 25.8 Å². The average Bonchev–Trinajstić information content (AvgIpc) is 3.41. The second-order valence-electron chi connectivity index (χ2n) is 9.68. The van der Waals surface area contributed by atoms with E-state index in [1.54, 1.807) is 24.7 Å². The normalized spacial score (nSPS) is 13.7. The number of amides is 1. The van der Waals surface area contributed by atoms with Crippen LogP contribution in [0.3, 0.4) is 0 Å². The van der Waals surface area contributed by atoms with Crippen LogP contribution in [0.15, 0.2) is 55.0 Å². The van der Waals surface area contributed by atoms with Crippen molar-refractivity contribution in [3.63, 3.8) is 0 Å². The molecule has 2 aromatic carbocycles. The van der Waals surface area contributed by atoms with Crippen LogP contribution in [0.2, 0.25) is 0 Å². The van der Waals surface area contributed by atoms with Crippen molar-refractivity contribution >= 4 is 23.1 Å². The molecule has 10 heteroatoms. The highest BCUT2D eigenvalue weighted by atomic mass is 19.1. The fraction of sp³-hybridized carbons (Fsp3) is 0.300. The van der Waals surface area contributed by atoms with E-state index in [1.807, 2.05) is 34.4 Å². The molecule has 0 aliphatic carbocycles. The van der Waals surface area contributed by atoms with Gasteiger partial charge >= 0.3 is 0 Å². The minimum atomic E-state index is -0.528. The average molecular weight is 543 g/mol. The summed E-state index contributed by atoms with van der Waals surface area (Å²) in [5.41, 5.74) is 9.98. The van der Waals surface area contributed by atoms with Crippen molar-refractivity contribution < 1.29 is 19.0 Å². The molecule has 1 aliphatic rings. The molecule has 9 nitrogen and oxygen atoms in total. The van der Waals surface area contributed by atoms with E-state index in [2.05, 4.69) is 27.1 Å². The molecule has 2 aromatic heterocycles. The van der Waals surface area contributed by atoms with Crippen LogP contribution >= 0.6 is 0 Å². The summed E-state index contributed by atoms with van der Waals surface area (Å²) in [6.45, 7) is 3.76. The Bertz CT molecular complexity index is 1580. The number of nitrogens with one attached hydrogen (secondary N) is 1. The number of imidazole rings is 1. The molecule has 3 heterocycles. The topological polar surface area (TPSA) is 118 Å². The Balaban J connectivity index is 1.33. The first-order valence-electron chi connectivity index (χ1n) is 13.2. The lowest BCUT2D eigenvalue weighted by Gasteiger charge is -2.31. The zero-order valence-corrected chi connectivity index (χ0v) is 22.2. The Kier molecular flexibility index (Phi) is 8.24. The number of hydrogen-bond acceptors (Lipinski definition) is 7. The second kappa shape index (κ2) is 12.2. The third-order valence-electron chi connectivity index (χ3n) is 7.11. The van der Waals surface area contributed by atoms with E-state index in [0.29, 0.717) is 40.7 Å². The van der Waals surface area contributed by atoms with Gasteiger partial charge in [0.1, 0.15) is 13.2 Å². The van der Waals surface area contributed by atoms with Crippen LogP contribution in [-0.4, -0.2) is 63.1 Å². The predicted molar refractivity (Wildman–Crippen MR) is 151 cm³/mol. The van der Waals surface area contributed by atoms with Crippen molar-refractivity contribution in [2.75, 3.05) is 38.2 Å². The van der Waals surface area contributed by atoms with Gasteiger partial charge in [-0.3, -0.25) is 9.20 Å². The summed E-state index contributed by atoms with van der Waals surface area (Å²) in [6, 6.07) is 10.3. The summed E-state index contributed by atoms with van der Waals surface area (Å²) in [5, 5.41) is 12.0. The van der Waals surface area contributed by atoms with E-state index in [4.69, 9.17) is 15.6 Å². The van der Waals surface area contributed by atoms with Crippen molar-refractivity contribution in [3.8, 4) is 28.8 Å².